The van der Waals surface area contributed by atoms with Gasteiger partial charge in [-0.3, -0.25) is 0 Å². The normalized spacial score (nSPS) is 15.1. The zero-order chi connectivity index (χ0) is 10.7. The zero-order valence-corrected chi connectivity index (χ0v) is 8.83. The lowest BCUT2D eigenvalue weighted by atomic mass is 10.00. The fraction of sp³-hybridized carbons (Fsp3) is 0.400. The van der Waals surface area contributed by atoms with E-state index >= 15 is 0 Å². The molecular formula is C10H15ClN2O. The minimum absolute atomic E-state index is 0.309. The van der Waals surface area contributed by atoms with Crippen molar-refractivity contribution in [3.63, 3.8) is 0 Å². The van der Waals surface area contributed by atoms with Gasteiger partial charge in [-0.2, -0.15) is 0 Å². The second kappa shape index (κ2) is 4.64. The Hall–Kier alpha value is -0.770. The zero-order valence-electron chi connectivity index (χ0n) is 8.07. The van der Waals surface area contributed by atoms with E-state index in [0.717, 1.165) is 0 Å². The van der Waals surface area contributed by atoms with Crippen molar-refractivity contribution in [1.29, 1.82) is 0 Å². The van der Waals surface area contributed by atoms with Crippen LogP contribution in [0.25, 0.3) is 0 Å². The van der Waals surface area contributed by atoms with Gasteiger partial charge >= 0.3 is 0 Å². The van der Waals surface area contributed by atoms with E-state index in [1.165, 1.54) is 0 Å². The maximum atomic E-state index is 9.83. The predicted octanol–water partition coefficient (Wildman–Crippen LogP) is 1.69. The molecule has 0 amide bonds. The van der Waals surface area contributed by atoms with Crippen molar-refractivity contribution in [2.75, 3.05) is 5.73 Å². The van der Waals surface area contributed by atoms with Gasteiger partial charge in [0, 0.05) is 22.3 Å². The van der Waals surface area contributed by atoms with Crippen LogP contribution in [0.5, 0.6) is 0 Å². The molecule has 0 heterocycles. The molecule has 0 spiro atoms. The van der Waals surface area contributed by atoms with Crippen molar-refractivity contribution in [1.82, 2.24) is 0 Å². The van der Waals surface area contributed by atoms with Crippen LogP contribution in [-0.2, 0) is 0 Å². The van der Waals surface area contributed by atoms with E-state index in [0.29, 0.717) is 22.7 Å². The topological polar surface area (TPSA) is 72.3 Å². The molecule has 0 aliphatic heterocycles. The number of aliphatic hydroxyl groups excluding tert-OH is 1. The van der Waals surface area contributed by atoms with E-state index in [1.54, 1.807) is 18.2 Å². The first-order chi connectivity index (χ1) is 6.56. The van der Waals surface area contributed by atoms with Gasteiger partial charge in [-0.1, -0.05) is 18.5 Å². The smallest absolute Gasteiger partial charge is 0.0961 e. The molecule has 0 bridgehead atoms. The Bertz CT molecular complexity index is 317. The highest BCUT2D eigenvalue weighted by Crippen LogP contribution is 2.26. The Morgan fingerprint density at radius 2 is 2.14 bits per heavy atom. The lowest BCUT2D eigenvalue weighted by Crippen LogP contribution is -2.27. The Kier molecular flexibility index (Phi) is 3.75. The number of aliphatic hydroxyl groups is 1. The molecule has 2 atom stereocenters. The van der Waals surface area contributed by atoms with E-state index in [4.69, 9.17) is 23.1 Å². The van der Waals surface area contributed by atoms with E-state index < -0.39 is 6.10 Å². The van der Waals surface area contributed by atoms with Crippen LogP contribution in [0.15, 0.2) is 18.2 Å². The van der Waals surface area contributed by atoms with Crippen molar-refractivity contribution in [2.45, 2.75) is 25.5 Å². The standard InChI is InChI=1S/C10H15ClN2O/c1-2-8(12)10(14)7-5-6(11)3-4-9(7)13/h3-5,8,10,14H,2,12-13H2,1H3/t8-,10-/m1/s1. The molecule has 0 saturated carbocycles. The summed E-state index contributed by atoms with van der Waals surface area (Å²) in [6, 6.07) is 4.70. The first-order valence-corrected chi connectivity index (χ1v) is 4.92. The van der Waals surface area contributed by atoms with E-state index in [1.807, 2.05) is 6.92 Å². The maximum Gasteiger partial charge on any atom is 0.0961 e. The minimum atomic E-state index is -0.751. The molecule has 3 nitrogen and oxygen atoms in total. The average Bonchev–Trinajstić information content (AvgIpc) is 2.19. The Labute approximate surface area is 88.7 Å². The van der Waals surface area contributed by atoms with Crippen LogP contribution in [0.2, 0.25) is 5.02 Å². The van der Waals surface area contributed by atoms with Crippen LogP contribution in [0.4, 0.5) is 5.69 Å². The second-order valence-corrected chi connectivity index (χ2v) is 3.73. The second-order valence-electron chi connectivity index (χ2n) is 3.29. The van der Waals surface area contributed by atoms with Crippen molar-refractivity contribution in [3.8, 4) is 0 Å². The van der Waals surface area contributed by atoms with Gasteiger partial charge in [0.1, 0.15) is 0 Å². The summed E-state index contributed by atoms with van der Waals surface area (Å²) in [5, 5.41) is 10.4. The molecule has 0 unspecified atom stereocenters. The summed E-state index contributed by atoms with van der Waals surface area (Å²) in [4.78, 5) is 0. The Morgan fingerprint density at radius 3 is 2.71 bits per heavy atom. The SMILES string of the molecule is CC[C@@H](N)[C@H](O)c1cc(Cl)ccc1N. The maximum absolute atomic E-state index is 9.83. The van der Waals surface area contributed by atoms with Gasteiger partial charge in [-0.15, -0.1) is 0 Å². The third-order valence-electron chi connectivity index (χ3n) is 2.24. The predicted molar refractivity (Wildman–Crippen MR) is 59.1 cm³/mol. The van der Waals surface area contributed by atoms with Crippen LogP contribution in [0.1, 0.15) is 25.0 Å². The van der Waals surface area contributed by atoms with Gasteiger partial charge in [0.05, 0.1) is 6.10 Å². The fourth-order valence-corrected chi connectivity index (χ4v) is 1.44. The van der Waals surface area contributed by atoms with Crippen LogP contribution in [-0.4, -0.2) is 11.1 Å². The van der Waals surface area contributed by atoms with Gasteiger partial charge < -0.3 is 16.6 Å². The number of nitrogen functional groups attached to an aromatic ring is 1. The molecule has 1 rings (SSSR count). The van der Waals surface area contributed by atoms with Gasteiger partial charge in [0.2, 0.25) is 0 Å². The molecule has 0 aliphatic carbocycles. The molecule has 0 saturated heterocycles. The van der Waals surface area contributed by atoms with E-state index in [9.17, 15) is 5.11 Å². The van der Waals surface area contributed by atoms with E-state index in [2.05, 4.69) is 0 Å². The summed E-state index contributed by atoms with van der Waals surface area (Å²) in [6.45, 7) is 1.91. The van der Waals surface area contributed by atoms with Crippen LogP contribution in [0, 0.1) is 0 Å². The minimum Gasteiger partial charge on any atom is -0.398 e. The molecule has 14 heavy (non-hydrogen) atoms. The van der Waals surface area contributed by atoms with Gasteiger partial charge in [-0.25, -0.2) is 0 Å². The van der Waals surface area contributed by atoms with Crippen LogP contribution >= 0.6 is 11.6 Å². The molecule has 5 N–H and O–H groups in total. The first kappa shape index (κ1) is 11.3. The molecule has 4 heteroatoms. The van der Waals surface area contributed by atoms with Gasteiger partial charge in [0.15, 0.2) is 0 Å². The fourth-order valence-electron chi connectivity index (χ4n) is 1.26. The molecule has 0 radical (unpaired) electrons. The highest BCUT2D eigenvalue weighted by molar-refractivity contribution is 6.30. The van der Waals surface area contributed by atoms with Gasteiger partial charge in [0.25, 0.3) is 0 Å². The summed E-state index contributed by atoms with van der Waals surface area (Å²) in [5.74, 6) is 0. The quantitative estimate of drug-likeness (QED) is 0.671. The number of benzene rings is 1. The van der Waals surface area contributed by atoms with Gasteiger partial charge in [-0.05, 0) is 24.6 Å². The molecule has 0 aliphatic rings. The Morgan fingerprint density at radius 1 is 1.50 bits per heavy atom. The van der Waals surface area contributed by atoms with Crippen molar-refractivity contribution < 1.29 is 5.11 Å². The molecule has 0 aromatic heterocycles. The third kappa shape index (κ3) is 2.38. The number of hydrogen-bond donors (Lipinski definition) is 3. The summed E-state index contributed by atoms with van der Waals surface area (Å²) < 4.78 is 0. The summed E-state index contributed by atoms with van der Waals surface area (Å²) in [6.07, 6.45) is -0.0636. The highest BCUT2D eigenvalue weighted by Gasteiger charge is 2.17. The molecule has 0 fully saturated rings. The first-order valence-electron chi connectivity index (χ1n) is 4.54. The lowest BCUT2D eigenvalue weighted by Gasteiger charge is -2.19. The number of rotatable bonds is 3. The number of halogens is 1. The summed E-state index contributed by atoms with van der Waals surface area (Å²) >= 11 is 5.80. The summed E-state index contributed by atoms with van der Waals surface area (Å²) in [7, 11) is 0. The monoisotopic (exact) mass is 214 g/mol. The van der Waals surface area contributed by atoms with Crippen LogP contribution < -0.4 is 11.5 Å². The molecule has 1 aromatic carbocycles. The highest BCUT2D eigenvalue weighted by atomic mass is 35.5. The lowest BCUT2D eigenvalue weighted by molar-refractivity contribution is 0.145. The van der Waals surface area contributed by atoms with Crippen molar-refractivity contribution in [2.24, 2.45) is 5.73 Å². The van der Waals surface area contributed by atoms with Crippen molar-refractivity contribution >= 4 is 17.3 Å². The Balaban J connectivity index is 2.99. The van der Waals surface area contributed by atoms with Crippen molar-refractivity contribution in [3.05, 3.63) is 28.8 Å². The van der Waals surface area contributed by atoms with Crippen LogP contribution in [0.3, 0.4) is 0 Å². The average molecular weight is 215 g/mol. The molecule has 78 valence electrons. The van der Waals surface area contributed by atoms with E-state index in [-0.39, 0.29) is 6.04 Å². The largest absolute Gasteiger partial charge is 0.398 e. The number of nitrogens with two attached hydrogens (primary N) is 2. The molecule has 1 aromatic rings. The summed E-state index contributed by atoms with van der Waals surface area (Å²) in [5.41, 5.74) is 12.6. The number of hydrogen-bond acceptors (Lipinski definition) is 3. The number of anilines is 1. The third-order valence-corrected chi connectivity index (χ3v) is 2.48. The molecular weight excluding hydrogens is 200 g/mol.